The van der Waals surface area contributed by atoms with Crippen LogP contribution in [0.5, 0.6) is 0 Å². The van der Waals surface area contributed by atoms with Crippen LogP contribution in [-0.4, -0.2) is 40.0 Å². The highest BCUT2D eigenvalue weighted by Gasteiger charge is 2.32. The Bertz CT molecular complexity index is 822. The van der Waals surface area contributed by atoms with Crippen LogP contribution in [0.2, 0.25) is 0 Å². The highest BCUT2D eigenvalue weighted by molar-refractivity contribution is 5.80. The maximum Gasteiger partial charge on any atom is 0.258 e. The quantitative estimate of drug-likeness (QED) is 0.905. The third-order valence-corrected chi connectivity index (χ3v) is 5.22. The molecule has 0 bridgehead atoms. The maximum absolute atomic E-state index is 12.8. The van der Waals surface area contributed by atoms with E-state index in [1.807, 2.05) is 23.1 Å². The SMILES string of the molecule is O=C(C1CCC1)N(Cc1nc2ccccc2c(=O)[nH]1)CC1CCCO1. The van der Waals surface area contributed by atoms with E-state index in [0.717, 1.165) is 38.7 Å². The molecule has 6 nitrogen and oxygen atoms in total. The average Bonchev–Trinajstić information content (AvgIpc) is 3.06. The van der Waals surface area contributed by atoms with Gasteiger partial charge in [0, 0.05) is 19.1 Å². The van der Waals surface area contributed by atoms with Crippen molar-refractivity contribution in [3.05, 3.63) is 40.4 Å². The molecule has 1 N–H and O–H groups in total. The summed E-state index contributed by atoms with van der Waals surface area (Å²) >= 11 is 0. The van der Waals surface area contributed by atoms with Gasteiger partial charge < -0.3 is 14.6 Å². The fourth-order valence-corrected chi connectivity index (χ4v) is 3.57. The summed E-state index contributed by atoms with van der Waals surface area (Å²) in [5, 5.41) is 0.572. The molecule has 2 aromatic rings. The number of aromatic amines is 1. The molecule has 1 aliphatic carbocycles. The average molecular weight is 341 g/mol. The van der Waals surface area contributed by atoms with Gasteiger partial charge in [-0.15, -0.1) is 0 Å². The number of carbonyl (C=O) groups is 1. The Kier molecular flexibility index (Phi) is 4.53. The summed E-state index contributed by atoms with van der Waals surface area (Å²) in [7, 11) is 0. The molecule has 4 rings (SSSR count). The topological polar surface area (TPSA) is 75.3 Å². The number of benzene rings is 1. The minimum Gasteiger partial charge on any atom is -0.376 e. The van der Waals surface area contributed by atoms with Crippen molar-refractivity contribution < 1.29 is 9.53 Å². The van der Waals surface area contributed by atoms with Crippen molar-refractivity contribution in [3.63, 3.8) is 0 Å². The lowest BCUT2D eigenvalue weighted by Gasteiger charge is -2.32. The third kappa shape index (κ3) is 3.44. The summed E-state index contributed by atoms with van der Waals surface area (Å²) in [6.45, 7) is 1.67. The Morgan fingerprint density at radius 3 is 2.80 bits per heavy atom. The first-order chi connectivity index (χ1) is 12.2. The van der Waals surface area contributed by atoms with E-state index >= 15 is 0 Å². The summed E-state index contributed by atoms with van der Waals surface area (Å²) in [4.78, 5) is 34.3. The Morgan fingerprint density at radius 2 is 2.08 bits per heavy atom. The lowest BCUT2D eigenvalue weighted by atomic mass is 9.84. The molecule has 0 spiro atoms. The van der Waals surface area contributed by atoms with Gasteiger partial charge in [0.1, 0.15) is 5.82 Å². The maximum atomic E-state index is 12.8. The van der Waals surface area contributed by atoms with Gasteiger partial charge in [-0.25, -0.2) is 4.98 Å². The highest BCUT2D eigenvalue weighted by atomic mass is 16.5. The van der Waals surface area contributed by atoms with Crippen LogP contribution < -0.4 is 5.56 Å². The number of nitrogens with zero attached hydrogens (tertiary/aromatic N) is 2. The van der Waals surface area contributed by atoms with Gasteiger partial charge in [-0.1, -0.05) is 18.6 Å². The molecule has 25 heavy (non-hydrogen) atoms. The smallest absolute Gasteiger partial charge is 0.258 e. The van der Waals surface area contributed by atoms with E-state index < -0.39 is 0 Å². The van der Waals surface area contributed by atoms with Gasteiger partial charge in [-0.05, 0) is 37.8 Å². The van der Waals surface area contributed by atoms with Crippen molar-refractivity contribution in [2.75, 3.05) is 13.2 Å². The Labute approximate surface area is 146 Å². The summed E-state index contributed by atoms with van der Waals surface area (Å²) in [6.07, 6.45) is 5.16. The van der Waals surface area contributed by atoms with Gasteiger partial charge in [0.2, 0.25) is 5.91 Å². The number of fused-ring (bicyclic) bond motifs is 1. The van der Waals surface area contributed by atoms with Crippen LogP contribution in [0.4, 0.5) is 0 Å². The number of hydrogen-bond acceptors (Lipinski definition) is 4. The Balaban J connectivity index is 1.58. The van der Waals surface area contributed by atoms with E-state index in [1.54, 1.807) is 6.07 Å². The van der Waals surface area contributed by atoms with Crippen molar-refractivity contribution >= 4 is 16.8 Å². The largest absolute Gasteiger partial charge is 0.376 e. The Hall–Kier alpha value is -2.21. The van der Waals surface area contributed by atoms with E-state index in [4.69, 9.17) is 4.74 Å². The molecule has 2 fully saturated rings. The summed E-state index contributed by atoms with van der Waals surface area (Å²) in [6, 6.07) is 7.27. The molecule has 1 aromatic heterocycles. The van der Waals surface area contributed by atoms with E-state index in [0.29, 0.717) is 29.8 Å². The minimum absolute atomic E-state index is 0.0937. The van der Waals surface area contributed by atoms with Gasteiger partial charge in [-0.2, -0.15) is 0 Å². The molecule has 1 saturated carbocycles. The van der Waals surface area contributed by atoms with Crippen LogP contribution in [-0.2, 0) is 16.1 Å². The number of carbonyl (C=O) groups excluding carboxylic acids is 1. The van der Waals surface area contributed by atoms with Gasteiger partial charge >= 0.3 is 0 Å². The molecule has 2 heterocycles. The van der Waals surface area contributed by atoms with Gasteiger partial charge in [-0.3, -0.25) is 9.59 Å². The van der Waals surface area contributed by atoms with Gasteiger partial charge in [0.15, 0.2) is 0 Å². The first kappa shape index (κ1) is 16.3. The number of rotatable bonds is 5. The molecule has 132 valence electrons. The molecule has 1 unspecified atom stereocenters. The number of ether oxygens (including phenoxy) is 1. The monoisotopic (exact) mass is 341 g/mol. The molecular weight excluding hydrogens is 318 g/mol. The zero-order valence-corrected chi connectivity index (χ0v) is 14.2. The second-order valence-corrected chi connectivity index (χ2v) is 7.01. The molecule has 1 aromatic carbocycles. The second kappa shape index (κ2) is 6.96. The van der Waals surface area contributed by atoms with Crippen LogP contribution in [0.15, 0.2) is 29.1 Å². The number of H-pyrrole nitrogens is 1. The normalized spacial score (nSPS) is 20.6. The number of hydrogen-bond donors (Lipinski definition) is 1. The van der Waals surface area contributed by atoms with Crippen LogP contribution in [0, 0.1) is 5.92 Å². The predicted molar refractivity (Wildman–Crippen MR) is 94.1 cm³/mol. The number of amides is 1. The van der Waals surface area contributed by atoms with E-state index in [2.05, 4.69) is 9.97 Å². The van der Waals surface area contributed by atoms with Crippen molar-refractivity contribution in [2.24, 2.45) is 5.92 Å². The Morgan fingerprint density at radius 1 is 1.24 bits per heavy atom. The first-order valence-corrected chi connectivity index (χ1v) is 9.09. The standard InChI is InChI=1S/C19H23N3O3/c23-18-15-8-1-2-9-16(15)20-17(21-18)12-22(11-14-7-4-10-25-14)19(24)13-5-3-6-13/h1-2,8-9,13-14H,3-7,10-12H2,(H,20,21,23). The summed E-state index contributed by atoms with van der Waals surface area (Å²) in [5.74, 6) is 0.820. The molecule has 6 heteroatoms. The lowest BCUT2D eigenvalue weighted by molar-refractivity contribution is -0.140. The fraction of sp³-hybridized carbons (Fsp3) is 0.526. The van der Waals surface area contributed by atoms with Crippen LogP contribution in [0.1, 0.15) is 37.9 Å². The summed E-state index contributed by atoms with van der Waals surface area (Å²) < 4.78 is 5.71. The number of aromatic nitrogens is 2. The molecule has 2 aliphatic rings. The minimum atomic E-state index is -0.159. The first-order valence-electron chi connectivity index (χ1n) is 9.09. The predicted octanol–water partition coefficient (Wildman–Crippen LogP) is 2.23. The van der Waals surface area contributed by atoms with E-state index in [9.17, 15) is 9.59 Å². The lowest BCUT2D eigenvalue weighted by Crippen LogP contribution is -2.42. The number of nitrogens with one attached hydrogen (secondary N) is 1. The number of para-hydroxylation sites is 1. The van der Waals surface area contributed by atoms with Gasteiger partial charge in [0.05, 0.1) is 23.6 Å². The van der Waals surface area contributed by atoms with Crippen molar-refractivity contribution in [3.8, 4) is 0 Å². The molecule has 1 saturated heterocycles. The molecule has 0 radical (unpaired) electrons. The van der Waals surface area contributed by atoms with Crippen molar-refractivity contribution in [2.45, 2.75) is 44.8 Å². The molecule has 1 aliphatic heterocycles. The zero-order valence-electron chi connectivity index (χ0n) is 14.2. The molecular formula is C19H23N3O3. The van der Waals surface area contributed by atoms with E-state index in [-0.39, 0.29) is 23.5 Å². The zero-order chi connectivity index (χ0) is 17.2. The summed E-state index contributed by atoms with van der Waals surface area (Å²) in [5.41, 5.74) is 0.503. The fourth-order valence-electron chi connectivity index (χ4n) is 3.57. The van der Waals surface area contributed by atoms with Crippen LogP contribution in [0.25, 0.3) is 10.9 Å². The van der Waals surface area contributed by atoms with Crippen molar-refractivity contribution in [1.82, 2.24) is 14.9 Å². The highest BCUT2D eigenvalue weighted by Crippen LogP contribution is 2.29. The third-order valence-electron chi connectivity index (χ3n) is 5.22. The van der Waals surface area contributed by atoms with Crippen LogP contribution >= 0.6 is 0 Å². The van der Waals surface area contributed by atoms with Gasteiger partial charge in [0.25, 0.3) is 5.56 Å². The van der Waals surface area contributed by atoms with Crippen LogP contribution in [0.3, 0.4) is 0 Å². The van der Waals surface area contributed by atoms with Crippen molar-refractivity contribution in [1.29, 1.82) is 0 Å². The second-order valence-electron chi connectivity index (χ2n) is 7.01. The molecule has 1 atom stereocenters. The van der Waals surface area contributed by atoms with E-state index in [1.165, 1.54) is 0 Å². The molecule has 1 amide bonds.